The van der Waals surface area contributed by atoms with Crippen molar-refractivity contribution >= 4 is 34.8 Å². The molecule has 2 aromatic carbocycles. The van der Waals surface area contributed by atoms with E-state index in [0.29, 0.717) is 24.3 Å². The number of fused-ring (bicyclic) bond motifs is 1. The maximum atomic E-state index is 12.7. The smallest absolute Gasteiger partial charge is 0.323 e. The van der Waals surface area contributed by atoms with Crippen molar-refractivity contribution in [3.63, 3.8) is 0 Å². The summed E-state index contributed by atoms with van der Waals surface area (Å²) >= 11 is 0. The first kappa shape index (κ1) is 15.7. The van der Waals surface area contributed by atoms with E-state index in [0.717, 1.165) is 16.2 Å². The average Bonchev–Trinajstić information content (AvgIpc) is 3.00. The van der Waals surface area contributed by atoms with E-state index in [2.05, 4.69) is 0 Å². The third-order valence-corrected chi connectivity index (χ3v) is 3.98. The van der Waals surface area contributed by atoms with Crippen molar-refractivity contribution in [2.45, 2.75) is 13.3 Å². The zero-order chi connectivity index (χ0) is 17.3. The zero-order valence-corrected chi connectivity index (χ0v) is 13.2. The summed E-state index contributed by atoms with van der Waals surface area (Å²) in [7, 11) is 0. The number of imide groups is 1. The summed E-state index contributed by atoms with van der Waals surface area (Å²) in [6.45, 7) is 1.68. The molecule has 1 aliphatic heterocycles. The van der Waals surface area contributed by atoms with Crippen LogP contribution in [0.5, 0.6) is 0 Å². The standard InChI is InChI=1S/C18H17N3O3/c1-12(22)21(15-8-6-14(19)7-9-15)18(24)17(23)20-11-10-13-4-2-3-5-16(13)20/h2-9H,10-11,19H2,1H3. The average molecular weight is 323 g/mol. The molecule has 2 N–H and O–H groups in total. The molecule has 1 heterocycles. The summed E-state index contributed by atoms with van der Waals surface area (Å²) in [4.78, 5) is 39.5. The van der Waals surface area contributed by atoms with E-state index in [1.807, 2.05) is 18.2 Å². The molecular formula is C18H17N3O3. The first-order valence-corrected chi connectivity index (χ1v) is 7.59. The molecule has 0 atom stereocenters. The topological polar surface area (TPSA) is 83.7 Å². The molecule has 0 unspecified atom stereocenters. The van der Waals surface area contributed by atoms with Crippen molar-refractivity contribution in [1.29, 1.82) is 0 Å². The van der Waals surface area contributed by atoms with Gasteiger partial charge in [-0.2, -0.15) is 0 Å². The molecule has 3 amide bonds. The second-order valence-corrected chi connectivity index (χ2v) is 5.59. The Labute approximate surface area is 139 Å². The van der Waals surface area contributed by atoms with Crippen molar-refractivity contribution in [3.05, 3.63) is 54.1 Å². The lowest BCUT2D eigenvalue weighted by molar-refractivity contribution is -0.138. The largest absolute Gasteiger partial charge is 0.399 e. The Morgan fingerprint density at radius 2 is 1.71 bits per heavy atom. The number of anilines is 3. The van der Waals surface area contributed by atoms with Crippen molar-refractivity contribution in [2.75, 3.05) is 22.1 Å². The minimum atomic E-state index is -0.871. The van der Waals surface area contributed by atoms with Gasteiger partial charge in [0, 0.05) is 24.8 Å². The van der Waals surface area contributed by atoms with Crippen molar-refractivity contribution in [2.24, 2.45) is 0 Å². The van der Waals surface area contributed by atoms with Gasteiger partial charge < -0.3 is 10.6 Å². The highest BCUT2D eigenvalue weighted by Gasteiger charge is 2.34. The molecular weight excluding hydrogens is 306 g/mol. The second-order valence-electron chi connectivity index (χ2n) is 5.59. The minimum absolute atomic E-state index is 0.322. The molecule has 0 radical (unpaired) electrons. The maximum Gasteiger partial charge on any atom is 0.323 e. The molecule has 0 saturated heterocycles. The summed E-state index contributed by atoms with van der Waals surface area (Å²) in [6.07, 6.45) is 0.692. The van der Waals surface area contributed by atoms with Gasteiger partial charge in [-0.3, -0.25) is 14.4 Å². The number of para-hydroxylation sites is 1. The van der Waals surface area contributed by atoms with E-state index in [1.165, 1.54) is 11.8 Å². The molecule has 6 heteroatoms. The van der Waals surface area contributed by atoms with Gasteiger partial charge in [0.1, 0.15) is 0 Å². The maximum absolute atomic E-state index is 12.7. The highest BCUT2D eigenvalue weighted by molar-refractivity contribution is 6.49. The molecule has 2 aromatic rings. The predicted octanol–water partition coefficient (Wildman–Crippen LogP) is 1.74. The number of nitrogens with zero attached hydrogens (tertiary/aromatic N) is 2. The van der Waals surface area contributed by atoms with E-state index in [1.54, 1.807) is 30.3 Å². The van der Waals surface area contributed by atoms with E-state index < -0.39 is 17.7 Å². The fourth-order valence-electron chi connectivity index (χ4n) is 2.83. The summed E-state index contributed by atoms with van der Waals surface area (Å²) in [6, 6.07) is 13.7. The van der Waals surface area contributed by atoms with Crippen LogP contribution in [0.25, 0.3) is 0 Å². The summed E-state index contributed by atoms with van der Waals surface area (Å²) in [5.74, 6) is -2.11. The minimum Gasteiger partial charge on any atom is -0.399 e. The van der Waals surface area contributed by atoms with Crippen LogP contribution in [0.3, 0.4) is 0 Å². The van der Waals surface area contributed by atoms with Crippen LogP contribution < -0.4 is 15.5 Å². The SMILES string of the molecule is CC(=O)N(C(=O)C(=O)N1CCc2ccccc21)c1ccc(N)cc1. The fraction of sp³-hybridized carbons (Fsp3) is 0.167. The van der Waals surface area contributed by atoms with E-state index in [4.69, 9.17) is 5.73 Å². The van der Waals surface area contributed by atoms with Gasteiger partial charge in [0.25, 0.3) is 0 Å². The number of amides is 3. The lowest BCUT2D eigenvalue weighted by atomic mass is 10.2. The van der Waals surface area contributed by atoms with Crippen LogP contribution in [0, 0.1) is 0 Å². The summed E-state index contributed by atoms with van der Waals surface area (Å²) in [5.41, 5.74) is 8.19. The van der Waals surface area contributed by atoms with E-state index >= 15 is 0 Å². The molecule has 0 fully saturated rings. The molecule has 3 rings (SSSR count). The van der Waals surface area contributed by atoms with Crippen LogP contribution >= 0.6 is 0 Å². The Hall–Kier alpha value is -3.15. The number of hydrogen-bond acceptors (Lipinski definition) is 4. The highest BCUT2D eigenvalue weighted by atomic mass is 16.2. The van der Waals surface area contributed by atoms with Gasteiger partial charge >= 0.3 is 11.8 Å². The molecule has 0 saturated carbocycles. The lowest BCUT2D eigenvalue weighted by Gasteiger charge is -2.22. The highest BCUT2D eigenvalue weighted by Crippen LogP contribution is 2.28. The van der Waals surface area contributed by atoms with Crippen LogP contribution in [-0.4, -0.2) is 24.3 Å². The molecule has 122 valence electrons. The fourth-order valence-corrected chi connectivity index (χ4v) is 2.83. The summed E-state index contributed by atoms with van der Waals surface area (Å²) < 4.78 is 0. The van der Waals surface area contributed by atoms with Gasteiger partial charge in [-0.25, -0.2) is 4.90 Å². The molecule has 24 heavy (non-hydrogen) atoms. The Morgan fingerprint density at radius 1 is 1.04 bits per heavy atom. The van der Waals surface area contributed by atoms with Gasteiger partial charge in [-0.1, -0.05) is 18.2 Å². The van der Waals surface area contributed by atoms with Crippen molar-refractivity contribution in [3.8, 4) is 0 Å². The Bertz CT molecular complexity index is 815. The third-order valence-electron chi connectivity index (χ3n) is 3.98. The van der Waals surface area contributed by atoms with Crippen LogP contribution in [-0.2, 0) is 20.8 Å². The first-order valence-electron chi connectivity index (χ1n) is 7.59. The molecule has 0 spiro atoms. The van der Waals surface area contributed by atoms with Crippen molar-refractivity contribution < 1.29 is 14.4 Å². The Balaban J connectivity index is 1.90. The molecule has 6 nitrogen and oxygen atoms in total. The molecule has 1 aliphatic rings. The van der Waals surface area contributed by atoms with Crippen LogP contribution in [0.15, 0.2) is 48.5 Å². The number of hydrogen-bond donors (Lipinski definition) is 1. The number of benzene rings is 2. The van der Waals surface area contributed by atoms with E-state index in [9.17, 15) is 14.4 Å². The monoisotopic (exact) mass is 323 g/mol. The van der Waals surface area contributed by atoms with Gasteiger partial charge in [-0.05, 0) is 42.3 Å². The lowest BCUT2D eigenvalue weighted by Crippen LogP contribution is -2.47. The number of rotatable bonds is 1. The molecule has 0 bridgehead atoms. The number of carbonyl (C=O) groups is 3. The van der Waals surface area contributed by atoms with Crippen LogP contribution in [0.1, 0.15) is 12.5 Å². The van der Waals surface area contributed by atoms with E-state index in [-0.39, 0.29) is 0 Å². The number of nitrogens with two attached hydrogens (primary N) is 1. The second kappa shape index (κ2) is 6.16. The summed E-state index contributed by atoms with van der Waals surface area (Å²) in [5, 5.41) is 0. The van der Waals surface area contributed by atoms with Gasteiger partial charge in [-0.15, -0.1) is 0 Å². The number of nitrogen functional groups attached to an aromatic ring is 1. The number of carbonyl (C=O) groups excluding carboxylic acids is 3. The van der Waals surface area contributed by atoms with Crippen LogP contribution in [0.4, 0.5) is 17.1 Å². The Kier molecular flexibility index (Phi) is 4.04. The zero-order valence-electron chi connectivity index (χ0n) is 13.2. The molecule has 0 aliphatic carbocycles. The first-order chi connectivity index (χ1) is 11.5. The quantitative estimate of drug-likeness (QED) is 0.640. The van der Waals surface area contributed by atoms with Gasteiger partial charge in [0.2, 0.25) is 5.91 Å². The van der Waals surface area contributed by atoms with Crippen molar-refractivity contribution in [1.82, 2.24) is 0 Å². The third kappa shape index (κ3) is 2.74. The Morgan fingerprint density at radius 3 is 2.38 bits per heavy atom. The molecule has 0 aromatic heterocycles. The van der Waals surface area contributed by atoms with Gasteiger partial charge in [0.05, 0.1) is 5.69 Å². The predicted molar refractivity (Wildman–Crippen MR) is 91.5 cm³/mol. The van der Waals surface area contributed by atoms with Crippen LogP contribution in [0.2, 0.25) is 0 Å². The van der Waals surface area contributed by atoms with Gasteiger partial charge in [0.15, 0.2) is 0 Å². The normalized spacial score (nSPS) is 12.6.